The Kier molecular flexibility index (Phi) is 3.96. The van der Waals surface area contributed by atoms with Crippen molar-refractivity contribution in [3.05, 3.63) is 27.9 Å². The Hall–Kier alpha value is -0.910. The summed E-state index contributed by atoms with van der Waals surface area (Å²) in [4.78, 5) is 0. The van der Waals surface area contributed by atoms with Gasteiger partial charge in [-0.2, -0.15) is 5.10 Å². The van der Waals surface area contributed by atoms with Crippen molar-refractivity contribution in [2.24, 2.45) is 0 Å². The Morgan fingerprint density at radius 2 is 2.27 bits per heavy atom. The minimum atomic E-state index is 0.0749. The maximum atomic E-state index is 9.28. The largest absolute Gasteiger partial charge is 0.396 e. The van der Waals surface area contributed by atoms with Gasteiger partial charge in [0.25, 0.3) is 0 Å². The third-order valence-electron chi connectivity index (χ3n) is 5.04. The van der Waals surface area contributed by atoms with Crippen LogP contribution in [0.5, 0.6) is 0 Å². The van der Waals surface area contributed by atoms with Crippen LogP contribution < -0.4 is 0 Å². The number of ether oxygens (including phenoxy) is 1. The van der Waals surface area contributed by atoms with E-state index in [4.69, 9.17) is 4.74 Å². The zero-order chi connectivity index (χ0) is 15.1. The summed E-state index contributed by atoms with van der Waals surface area (Å²) < 4.78 is 9.12. The lowest BCUT2D eigenvalue weighted by Crippen LogP contribution is -2.19. The standard InChI is InChI=1S/C17H21BrN2O2/c18-17-13-10-19-20(15-3-1-2-8-22-15)14(13)9-12-5-4-11(6-7-21)16(12)17/h9-11,15,21H,1-8H2. The number of rotatable bonds is 3. The maximum absolute atomic E-state index is 9.28. The number of halogens is 1. The lowest BCUT2D eigenvalue weighted by Gasteiger charge is -2.23. The van der Waals surface area contributed by atoms with Crippen molar-refractivity contribution < 1.29 is 9.84 Å². The van der Waals surface area contributed by atoms with Gasteiger partial charge in [-0.3, -0.25) is 0 Å². The molecule has 0 spiro atoms. The highest BCUT2D eigenvalue weighted by Crippen LogP contribution is 2.44. The van der Waals surface area contributed by atoms with Crippen LogP contribution in [0.3, 0.4) is 0 Å². The second-order valence-electron chi connectivity index (χ2n) is 6.35. The van der Waals surface area contributed by atoms with E-state index in [1.165, 1.54) is 23.1 Å². The maximum Gasteiger partial charge on any atom is 0.150 e. The number of benzene rings is 1. The Morgan fingerprint density at radius 1 is 1.36 bits per heavy atom. The highest BCUT2D eigenvalue weighted by atomic mass is 79.9. The summed E-state index contributed by atoms with van der Waals surface area (Å²) >= 11 is 3.80. The van der Waals surface area contributed by atoms with Gasteiger partial charge in [-0.1, -0.05) is 0 Å². The molecule has 2 aromatic rings. The van der Waals surface area contributed by atoms with Crippen LogP contribution in [-0.4, -0.2) is 28.1 Å². The van der Waals surface area contributed by atoms with Crippen LogP contribution in [0.2, 0.25) is 0 Å². The quantitative estimate of drug-likeness (QED) is 0.897. The van der Waals surface area contributed by atoms with Gasteiger partial charge < -0.3 is 9.84 Å². The van der Waals surface area contributed by atoms with E-state index in [0.29, 0.717) is 5.92 Å². The minimum absolute atomic E-state index is 0.0749. The van der Waals surface area contributed by atoms with Crippen LogP contribution in [-0.2, 0) is 11.2 Å². The lowest BCUT2D eigenvalue weighted by molar-refractivity contribution is -0.0366. The fourth-order valence-electron chi connectivity index (χ4n) is 3.93. The topological polar surface area (TPSA) is 47.3 Å². The van der Waals surface area contributed by atoms with Gasteiger partial charge in [0, 0.05) is 23.1 Å². The summed E-state index contributed by atoms with van der Waals surface area (Å²) in [6.07, 6.45) is 8.49. The molecule has 118 valence electrons. The molecular weight excluding hydrogens is 344 g/mol. The summed E-state index contributed by atoms with van der Waals surface area (Å²) in [5.74, 6) is 0.466. The van der Waals surface area contributed by atoms with Crippen LogP contribution in [0, 0.1) is 0 Å². The molecule has 1 aromatic heterocycles. The highest BCUT2D eigenvalue weighted by Gasteiger charge is 2.28. The molecule has 1 saturated heterocycles. The van der Waals surface area contributed by atoms with E-state index in [-0.39, 0.29) is 12.8 Å². The van der Waals surface area contributed by atoms with E-state index in [2.05, 4.69) is 31.8 Å². The molecule has 0 amide bonds. The minimum Gasteiger partial charge on any atom is -0.396 e. The summed E-state index contributed by atoms with van der Waals surface area (Å²) in [6.45, 7) is 1.08. The van der Waals surface area contributed by atoms with Gasteiger partial charge in [0.15, 0.2) is 6.23 Å². The van der Waals surface area contributed by atoms with E-state index in [1.807, 2.05) is 6.20 Å². The number of nitrogens with zero attached hydrogens (tertiary/aromatic N) is 2. The number of aliphatic hydroxyl groups excluding tert-OH is 1. The highest BCUT2D eigenvalue weighted by molar-refractivity contribution is 9.10. The number of hydrogen-bond acceptors (Lipinski definition) is 3. The van der Waals surface area contributed by atoms with E-state index >= 15 is 0 Å². The van der Waals surface area contributed by atoms with Gasteiger partial charge in [-0.05, 0) is 77.6 Å². The van der Waals surface area contributed by atoms with Crippen molar-refractivity contribution in [1.29, 1.82) is 0 Å². The molecule has 0 bridgehead atoms. The third kappa shape index (κ3) is 2.30. The van der Waals surface area contributed by atoms with Gasteiger partial charge in [-0.15, -0.1) is 0 Å². The van der Waals surface area contributed by atoms with Crippen LogP contribution in [0.4, 0.5) is 0 Å². The van der Waals surface area contributed by atoms with Crippen LogP contribution in [0.15, 0.2) is 16.7 Å². The fraction of sp³-hybridized carbons (Fsp3) is 0.588. The number of fused-ring (bicyclic) bond motifs is 2. The van der Waals surface area contributed by atoms with Gasteiger partial charge in [-0.25, -0.2) is 4.68 Å². The molecule has 2 unspecified atom stereocenters. The first-order valence-corrected chi connectivity index (χ1v) is 9.00. The molecule has 1 aromatic carbocycles. The predicted octanol–water partition coefficient (Wildman–Crippen LogP) is 3.91. The summed E-state index contributed by atoms with van der Waals surface area (Å²) in [5, 5.41) is 15.1. The second-order valence-corrected chi connectivity index (χ2v) is 7.15. The molecule has 2 aliphatic rings. The first-order valence-electron chi connectivity index (χ1n) is 8.20. The second kappa shape index (κ2) is 5.95. The van der Waals surface area contributed by atoms with Crippen molar-refractivity contribution in [1.82, 2.24) is 9.78 Å². The van der Waals surface area contributed by atoms with Gasteiger partial charge >= 0.3 is 0 Å². The number of aryl methyl sites for hydroxylation is 1. The van der Waals surface area contributed by atoms with Crippen molar-refractivity contribution in [3.63, 3.8) is 0 Å². The molecule has 1 fully saturated rings. The summed E-state index contributed by atoms with van der Waals surface area (Å²) in [7, 11) is 0. The Morgan fingerprint density at radius 3 is 3.05 bits per heavy atom. The molecule has 2 atom stereocenters. The molecule has 5 heteroatoms. The Balaban J connectivity index is 1.79. The molecule has 1 N–H and O–H groups in total. The van der Waals surface area contributed by atoms with Crippen molar-refractivity contribution in [3.8, 4) is 0 Å². The predicted molar refractivity (Wildman–Crippen MR) is 89.0 cm³/mol. The Labute approximate surface area is 138 Å². The van der Waals surface area contributed by atoms with Crippen LogP contribution >= 0.6 is 15.9 Å². The number of hydrogen-bond donors (Lipinski definition) is 1. The Bertz CT molecular complexity index is 692. The zero-order valence-electron chi connectivity index (χ0n) is 12.6. The van der Waals surface area contributed by atoms with Crippen LogP contribution in [0.1, 0.15) is 55.4 Å². The summed E-state index contributed by atoms with van der Waals surface area (Å²) in [5.41, 5.74) is 3.95. The molecule has 1 aliphatic heterocycles. The smallest absolute Gasteiger partial charge is 0.150 e. The van der Waals surface area contributed by atoms with Gasteiger partial charge in [0.1, 0.15) is 0 Å². The molecule has 2 heterocycles. The first-order chi connectivity index (χ1) is 10.8. The average Bonchev–Trinajstić information content (AvgIpc) is 3.14. The van der Waals surface area contributed by atoms with E-state index in [0.717, 1.165) is 48.6 Å². The van der Waals surface area contributed by atoms with E-state index in [1.54, 1.807) is 0 Å². The monoisotopic (exact) mass is 364 g/mol. The number of aliphatic hydroxyl groups is 1. The molecule has 4 nitrogen and oxygen atoms in total. The molecular formula is C17H21BrN2O2. The van der Waals surface area contributed by atoms with Gasteiger partial charge in [0.05, 0.1) is 11.7 Å². The van der Waals surface area contributed by atoms with Crippen molar-refractivity contribution >= 4 is 26.8 Å². The third-order valence-corrected chi connectivity index (χ3v) is 5.89. The fourth-order valence-corrected chi connectivity index (χ4v) is 4.81. The lowest BCUT2D eigenvalue weighted by atomic mass is 9.97. The average molecular weight is 365 g/mol. The molecule has 22 heavy (non-hydrogen) atoms. The summed E-state index contributed by atoms with van der Waals surface area (Å²) in [6, 6.07) is 2.29. The van der Waals surface area contributed by atoms with E-state index in [9.17, 15) is 5.11 Å². The van der Waals surface area contributed by atoms with Crippen molar-refractivity contribution in [2.45, 2.75) is 50.7 Å². The van der Waals surface area contributed by atoms with Crippen LogP contribution in [0.25, 0.3) is 10.9 Å². The van der Waals surface area contributed by atoms with Crippen molar-refractivity contribution in [2.75, 3.05) is 13.2 Å². The molecule has 0 radical (unpaired) electrons. The molecule has 1 aliphatic carbocycles. The SMILES string of the molecule is OCCC1CCc2cc3c(cnn3C3CCCCO3)c(Br)c21. The zero-order valence-corrected chi connectivity index (χ0v) is 14.2. The first kappa shape index (κ1) is 14.7. The van der Waals surface area contributed by atoms with E-state index < -0.39 is 0 Å². The van der Waals surface area contributed by atoms with Gasteiger partial charge in [0.2, 0.25) is 0 Å². The molecule has 4 rings (SSSR count). The number of aromatic nitrogens is 2. The normalized spacial score (nSPS) is 24.8. The molecule has 0 saturated carbocycles.